The topological polar surface area (TPSA) is 118 Å². The van der Waals surface area contributed by atoms with E-state index in [2.05, 4.69) is 26.3 Å². The maximum absolute atomic E-state index is 11.2. The SMILES string of the molecule is CC(=O)Nc1ccc(-c2nc(SCc3ccc4ccccc4n3)nc(N)c2C#N)cc1. The fourth-order valence-electron chi connectivity index (χ4n) is 3.08. The smallest absolute Gasteiger partial charge is 0.221 e. The predicted molar refractivity (Wildman–Crippen MR) is 122 cm³/mol. The molecular weight excluding hydrogens is 408 g/mol. The molecule has 152 valence electrons. The van der Waals surface area contributed by atoms with Gasteiger partial charge in [0.2, 0.25) is 5.91 Å². The van der Waals surface area contributed by atoms with Crippen molar-refractivity contribution in [1.29, 1.82) is 5.26 Å². The Kier molecular flexibility index (Phi) is 5.78. The van der Waals surface area contributed by atoms with Crippen LogP contribution in [0.2, 0.25) is 0 Å². The molecule has 4 aromatic rings. The van der Waals surface area contributed by atoms with Crippen LogP contribution in [0.4, 0.5) is 11.5 Å². The van der Waals surface area contributed by atoms with Gasteiger partial charge in [-0.25, -0.2) is 9.97 Å². The molecule has 0 fully saturated rings. The lowest BCUT2D eigenvalue weighted by Gasteiger charge is -2.10. The lowest BCUT2D eigenvalue weighted by Crippen LogP contribution is -2.05. The molecule has 0 atom stereocenters. The first kappa shape index (κ1) is 20.3. The molecule has 0 radical (unpaired) electrons. The third-order valence-electron chi connectivity index (χ3n) is 4.51. The summed E-state index contributed by atoms with van der Waals surface area (Å²) in [7, 11) is 0. The van der Waals surface area contributed by atoms with Crippen LogP contribution in [0, 0.1) is 11.3 Å². The number of amides is 1. The highest BCUT2D eigenvalue weighted by atomic mass is 32.2. The number of pyridine rings is 1. The monoisotopic (exact) mass is 426 g/mol. The number of rotatable bonds is 5. The van der Waals surface area contributed by atoms with Crippen LogP contribution in [-0.2, 0) is 10.5 Å². The number of nitrogens with one attached hydrogen (secondary N) is 1. The zero-order chi connectivity index (χ0) is 21.8. The molecular formula is C23H18N6OS. The van der Waals surface area contributed by atoms with Crippen LogP contribution in [0.25, 0.3) is 22.2 Å². The van der Waals surface area contributed by atoms with Gasteiger partial charge in [-0.2, -0.15) is 5.26 Å². The van der Waals surface area contributed by atoms with Gasteiger partial charge in [0.25, 0.3) is 0 Å². The van der Waals surface area contributed by atoms with Crippen molar-refractivity contribution >= 4 is 40.1 Å². The quantitative estimate of drug-likeness (QED) is 0.359. The number of carbonyl (C=O) groups is 1. The zero-order valence-corrected chi connectivity index (χ0v) is 17.5. The molecule has 7 nitrogen and oxygen atoms in total. The van der Waals surface area contributed by atoms with Crippen molar-refractivity contribution < 1.29 is 4.79 Å². The van der Waals surface area contributed by atoms with Gasteiger partial charge in [-0.1, -0.05) is 48.2 Å². The van der Waals surface area contributed by atoms with Gasteiger partial charge >= 0.3 is 0 Å². The molecule has 0 aliphatic heterocycles. The Bertz CT molecular complexity index is 1310. The number of hydrogen-bond acceptors (Lipinski definition) is 7. The van der Waals surface area contributed by atoms with Crippen LogP contribution in [0.5, 0.6) is 0 Å². The van der Waals surface area contributed by atoms with Gasteiger partial charge in [0.05, 0.1) is 16.9 Å². The van der Waals surface area contributed by atoms with Crippen molar-refractivity contribution in [3.63, 3.8) is 0 Å². The number of hydrogen-bond donors (Lipinski definition) is 2. The molecule has 0 aliphatic carbocycles. The third-order valence-corrected chi connectivity index (χ3v) is 5.39. The van der Waals surface area contributed by atoms with E-state index in [-0.39, 0.29) is 17.3 Å². The fraction of sp³-hybridized carbons (Fsp3) is 0.0870. The van der Waals surface area contributed by atoms with Gasteiger partial charge in [-0.15, -0.1) is 0 Å². The summed E-state index contributed by atoms with van der Waals surface area (Å²) in [5.41, 5.74) is 9.93. The number of nitriles is 1. The molecule has 31 heavy (non-hydrogen) atoms. The summed E-state index contributed by atoms with van der Waals surface area (Å²) in [6.07, 6.45) is 0. The first-order valence-corrected chi connectivity index (χ1v) is 10.4. The van der Waals surface area contributed by atoms with Gasteiger partial charge in [0.15, 0.2) is 5.16 Å². The van der Waals surface area contributed by atoms with Crippen molar-refractivity contribution in [3.8, 4) is 17.3 Å². The molecule has 0 saturated heterocycles. The minimum Gasteiger partial charge on any atom is -0.382 e. The summed E-state index contributed by atoms with van der Waals surface area (Å²) in [6.45, 7) is 1.45. The van der Waals surface area contributed by atoms with Gasteiger partial charge < -0.3 is 11.1 Å². The average molecular weight is 427 g/mol. The van der Waals surface area contributed by atoms with E-state index in [0.29, 0.717) is 27.9 Å². The lowest BCUT2D eigenvalue weighted by molar-refractivity contribution is -0.114. The maximum Gasteiger partial charge on any atom is 0.221 e. The highest BCUT2D eigenvalue weighted by Gasteiger charge is 2.15. The number of benzene rings is 2. The number of anilines is 2. The van der Waals surface area contributed by atoms with Crippen LogP contribution in [0.15, 0.2) is 65.8 Å². The number of aromatic nitrogens is 3. The van der Waals surface area contributed by atoms with Crippen LogP contribution in [0.1, 0.15) is 18.2 Å². The summed E-state index contributed by atoms with van der Waals surface area (Å²) in [5.74, 6) is 0.544. The van der Waals surface area contributed by atoms with Crippen LogP contribution < -0.4 is 11.1 Å². The molecule has 0 spiro atoms. The van der Waals surface area contributed by atoms with E-state index in [4.69, 9.17) is 5.73 Å². The van der Waals surface area contributed by atoms with Crippen molar-refractivity contribution in [2.75, 3.05) is 11.1 Å². The second kappa shape index (κ2) is 8.81. The van der Waals surface area contributed by atoms with E-state index in [0.717, 1.165) is 16.6 Å². The minimum atomic E-state index is -0.155. The molecule has 1 amide bonds. The van der Waals surface area contributed by atoms with E-state index in [1.165, 1.54) is 18.7 Å². The molecule has 8 heteroatoms. The molecule has 0 unspecified atom stereocenters. The van der Waals surface area contributed by atoms with Gasteiger partial charge in [-0.3, -0.25) is 9.78 Å². The minimum absolute atomic E-state index is 0.132. The maximum atomic E-state index is 11.2. The number of fused-ring (bicyclic) bond motifs is 1. The molecule has 2 heterocycles. The molecule has 0 bridgehead atoms. The summed E-state index contributed by atoms with van der Waals surface area (Å²) in [5, 5.41) is 13.8. The van der Waals surface area contributed by atoms with Crippen molar-refractivity contribution in [2.45, 2.75) is 17.8 Å². The van der Waals surface area contributed by atoms with E-state index in [1.54, 1.807) is 24.3 Å². The molecule has 2 aromatic heterocycles. The molecule has 4 rings (SSSR count). The van der Waals surface area contributed by atoms with E-state index >= 15 is 0 Å². The lowest BCUT2D eigenvalue weighted by atomic mass is 10.1. The number of para-hydroxylation sites is 1. The standard InChI is InChI=1S/C23H18N6OS/c1-14(30)26-17-9-7-16(8-10-17)21-19(12-24)22(25)29-23(28-21)31-13-18-11-6-15-4-2-3-5-20(15)27-18/h2-11H,13H2,1H3,(H,26,30)(H2,25,28,29). The zero-order valence-electron chi connectivity index (χ0n) is 16.7. The highest BCUT2D eigenvalue weighted by molar-refractivity contribution is 7.98. The second-order valence-electron chi connectivity index (χ2n) is 6.77. The Morgan fingerprint density at radius 2 is 1.84 bits per heavy atom. The molecule has 3 N–H and O–H groups in total. The molecule has 0 aliphatic rings. The third kappa shape index (κ3) is 4.63. The predicted octanol–water partition coefficient (Wildman–Crippen LogP) is 4.40. The first-order valence-electron chi connectivity index (χ1n) is 9.46. The number of carbonyl (C=O) groups excluding carboxylic acids is 1. The summed E-state index contributed by atoms with van der Waals surface area (Å²) in [6, 6.07) is 21.1. The fourth-order valence-corrected chi connectivity index (χ4v) is 3.84. The van der Waals surface area contributed by atoms with Crippen LogP contribution >= 0.6 is 11.8 Å². The van der Waals surface area contributed by atoms with Gasteiger partial charge in [0.1, 0.15) is 17.5 Å². The number of nitrogens with zero attached hydrogens (tertiary/aromatic N) is 4. The Labute approximate surface area is 183 Å². The van der Waals surface area contributed by atoms with Crippen molar-refractivity contribution in [3.05, 3.63) is 71.9 Å². The van der Waals surface area contributed by atoms with E-state index in [9.17, 15) is 10.1 Å². The molecule has 0 saturated carbocycles. The Balaban J connectivity index is 1.61. The second-order valence-corrected chi connectivity index (χ2v) is 7.71. The van der Waals surface area contributed by atoms with Crippen LogP contribution in [0.3, 0.4) is 0 Å². The molecule has 2 aromatic carbocycles. The number of thioether (sulfide) groups is 1. The number of nitrogens with two attached hydrogens (primary N) is 1. The van der Waals surface area contributed by atoms with Crippen molar-refractivity contribution in [1.82, 2.24) is 15.0 Å². The summed E-state index contributed by atoms with van der Waals surface area (Å²) < 4.78 is 0. The van der Waals surface area contributed by atoms with E-state index in [1.807, 2.05) is 36.4 Å². The normalized spacial score (nSPS) is 10.6. The van der Waals surface area contributed by atoms with Gasteiger partial charge in [0, 0.05) is 29.3 Å². The first-order chi connectivity index (χ1) is 15.0. The Morgan fingerprint density at radius 3 is 2.58 bits per heavy atom. The Hall–Kier alpha value is -3.96. The largest absolute Gasteiger partial charge is 0.382 e. The number of nitrogen functional groups attached to an aromatic ring is 1. The highest BCUT2D eigenvalue weighted by Crippen LogP contribution is 2.29. The summed E-state index contributed by atoms with van der Waals surface area (Å²) >= 11 is 1.40. The average Bonchev–Trinajstić information content (AvgIpc) is 2.77. The van der Waals surface area contributed by atoms with Gasteiger partial charge in [-0.05, 0) is 24.3 Å². The van der Waals surface area contributed by atoms with Crippen LogP contribution in [-0.4, -0.2) is 20.9 Å². The summed E-state index contributed by atoms with van der Waals surface area (Å²) in [4.78, 5) is 24.7. The van der Waals surface area contributed by atoms with E-state index < -0.39 is 0 Å². The Morgan fingerprint density at radius 1 is 1.06 bits per heavy atom. The van der Waals surface area contributed by atoms with Crippen molar-refractivity contribution in [2.24, 2.45) is 0 Å².